The second kappa shape index (κ2) is 6.11. The van der Waals surface area contributed by atoms with Gasteiger partial charge in [-0.15, -0.1) is 0 Å². The molecule has 0 saturated heterocycles. The lowest BCUT2D eigenvalue weighted by atomic mass is 9.84. The molecule has 1 aliphatic carbocycles. The lowest BCUT2D eigenvalue weighted by Crippen LogP contribution is -2.27. The average Bonchev–Trinajstić information content (AvgIpc) is 3.11. The maximum Gasteiger partial charge on any atom is 0.252 e. The van der Waals surface area contributed by atoms with Crippen LogP contribution in [0.15, 0.2) is 47.1 Å². The number of fused-ring (bicyclic) bond motifs is 2. The number of hydrogen-bond acceptors (Lipinski definition) is 3. The van der Waals surface area contributed by atoms with Gasteiger partial charge in [-0.25, -0.2) is 0 Å². The summed E-state index contributed by atoms with van der Waals surface area (Å²) in [5.74, 6) is 1.29. The smallest absolute Gasteiger partial charge is 0.252 e. The molecule has 4 rings (SSSR count). The van der Waals surface area contributed by atoms with Gasteiger partial charge in [0.25, 0.3) is 5.91 Å². The number of nitrogens with zero attached hydrogens (tertiary/aromatic N) is 1. The molecular formula is C20H20N2O2. The fraction of sp³-hybridized carbons (Fsp3) is 0.300. The molecule has 0 saturated carbocycles. The summed E-state index contributed by atoms with van der Waals surface area (Å²) in [6.45, 7) is 2.63. The van der Waals surface area contributed by atoms with Crippen LogP contribution < -0.4 is 5.32 Å². The number of benzene rings is 1. The number of carbonyl (C=O) groups is 1. The van der Waals surface area contributed by atoms with Gasteiger partial charge in [-0.1, -0.05) is 25.1 Å². The minimum Gasteiger partial charge on any atom is -0.467 e. The minimum absolute atomic E-state index is 0.0460. The van der Waals surface area contributed by atoms with E-state index >= 15 is 0 Å². The van der Waals surface area contributed by atoms with Crippen molar-refractivity contribution in [1.29, 1.82) is 0 Å². The van der Waals surface area contributed by atoms with Crippen molar-refractivity contribution < 1.29 is 9.21 Å². The first-order valence-electron chi connectivity index (χ1n) is 8.43. The number of para-hydroxylation sites is 1. The van der Waals surface area contributed by atoms with Crippen molar-refractivity contribution in [2.75, 3.05) is 0 Å². The zero-order chi connectivity index (χ0) is 16.5. The largest absolute Gasteiger partial charge is 0.467 e. The number of carbonyl (C=O) groups excluding carboxylic acids is 1. The number of pyridine rings is 1. The van der Waals surface area contributed by atoms with Crippen LogP contribution in [-0.4, -0.2) is 10.9 Å². The van der Waals surface area contributed by atoms with Crippen LogP contribution in [0.3, 0.4) is 0 Å². The molecule has 4 nitrogen and oxygen atoms in total. The Morgan fingerprint density at radius 1 is 1.29 bits per heavy atom. The molecule has 2 aromatic heterocycles. The number of rotatable bonds is 3. The Hall–Kier alpha value is -2.62. The Morgan fingerprint density at radius 3 is 3.00 bits per heavy atom. The highest BCUT2D eigenvalue weighted by Crippen LogP contribution is 2.31. The summed E-state index contributed by atoms with van der Waals surface area (Å²) in [6.07, 6.45) is 4.61. The molecule has 1 N–H and O–H groups in total. The summed E-state index contributed by atoms with van der Waals surface area (Å²) in [4.78, 5) is 17.8. The van der Waals surface area contributed by atoms with Crippen molar-refractivity contribution in [2.24, 2.45) is 5.92 Å². The molecule has 1 aliphatic rings. The Labute approximate surface area is 140 Å². The number of hydrogen-bond donors (Lipinski definition) is 1. The van der Waals surface area contributed by atoms with E-state index in [9.17, 15) is 4.79 Å². The van der Waals surface area contributed by atoms with Crippen molar-refractivity contribution in [1.82, 2.24) is 10.3 Å². The van der Waals surface area contributed by atoms with Crippen LogP contribution in [0.1, 0.15) is 40.7 Å². The molecule has 0 radical (unpaired) electrons. The van der Waals surface area contributed by atoms with Gasteiger partial charge < -0.3 is 9.73 Å². The topological polar surface area (TPSA) is 55.1 Å². The van der Waals surface area contributed by atoms with E-state index in [1.807, 2.05) is 36.4 Å². The molecule has 3 aromatic rings. The second-order valence-corrected chi connectivity index (χ2v) is 6.54. The summed E-state index contributed by atoms with van der Waals surface area (Å²) >= 11 is 0. The Kier molecular flexibility index (Phi) is 3.81. The third kappa shape index (κ3) is 2.68. The third-order valence-corrected chi connectivity index (χ3v) is 4.74. The van der Waals surface area contributed by atoms with E-state index in [1.54, 1.807) is 6.26 Å². The standard InChI is InChI=1S/C20H20N2O2/c1-13-8-9-18-16(11-13)19(15-6-2-3-7-17(15)22-18)20(23)21-12-14-5-4-10-24-14/h2-7,10,13H,8-9,11-12H2,1H3,(H,21,23)/t13-/m1/s1. The van der Waals surface area contributed by atoms with Crippen LogP contribution >= 0.6 is 0 Å². The summed E-state index contributed by atoms with van der Waals surface area (Å²) in [7, 11) is 0. The predicted octanol–water partition coefficient (Wildman–Crippen LogP) is 3.88. The van der Waals surface area contributed by atoms with Crippen LogP contribution in [0.5, 0.6) is 0 Å². The highest BCUT2D eigenvalue weighted by molar-refractivity contribution is 6.07. The lowest BCUT2D eigenvalue weighted by molar-refractivity contribution is 0.0948. The van der Waals surface area contributed by atoms with Crippen molar-refractivity contribution >= 4 is 16.8 Å². The van der Waals surface area contributed by atoms with E-state index in [-0.39, 0.29) is 5.91 Å². The number of amides is 1. The van der Waals surface area contributed by atoms with E-state index in [0.717, 1.165) is 52.7 Å². The molecule has 0 unspecified atom stereocenters. The van der Waals surface area contributed by atoms with Gasteiger partial charge in [-0.3, -0.25) is 9.78 Å². The number of aryl methyl sites for hydroxylation is 1. The van der Waals surface area contributed by atoms with E-state index in [4.69, 9.17) is 9.40 Å². The molecule has 122 valence electrons. The van der Waals surface area contributed by atoms with Crippen molar-refractivity contribution in [3.8, 4) is 0 Å². The van der Waals surface area contributed by atoms with Gasteiger partial charge >= 0.3 is 0 Å². The maximum absolute atomic E-state index is 13.0. The molecule has 4 heteroatoms. The molecule has 1 atom stereocenters. The first kappa shape index (κ1) is 14.9. The van der Waals surface area contributed by atoms with Gasteiger partial charge in [-0.2, -0.15) is 0 Å². The molecule has 0 bridgehead atoms. The van der Waals surface area contributed by atoms with Crippen LogP contribution in [0.25, 0.3) is 10.9 Å². The van der Waals surface area contributed by atoms with Gasteiger partial charge in [-0.05, 0) is 48.9 Å². The van der Waals surface area contributed by atoms with Gasteiger partial charge in [0, 0.05) is 11.1 Å². The normalized spacial score (nSPS) is 16.8. The van der Waals surface area contributed by atoms with Crippen LogP contribution in [0.2, 0.25) is 0 Å². The molecule has 0 spiro atoms. The van der Waals surface area contributed by atoms with Crippen molar-refractivity contribution in [2.45, 2.75) is 32.7 Å². The van der Waals surface area contributed by atoms with Crippen molar-refractivity contribution in [3.63, 3.8) is 0 Å². The molecule has 1 aromatic carbocycles. The minimum atomic E-state index is -0.0460. The summed E-state index contributed by atoms with van der Waals surface area (Å²) in [5.41, 5.74) is 3.88. The maximum atomic E-state index is 13.0. The molecule has 0 aliphatic heterocycles. The molecule has 2 heterocycles. The highest BCUT2D eigenvalue weighted by Gasteiger charge is 2.25. The molecule has 1 amide bonds. The van der Waals surface area contributed by atoms with Crippen molar-refractivity contribution in [3.05, 3.63) is 65.2 Å². The first-order chi connectivity index (χ1) is 11.7. The number of furan rings is 1. The Balaban J connectivity index is 1.77. The summed E-state index contributed by atoms with van der Waals surface area (Å²) in [6, 6.07) is 11.6. The van der Waals surface area contributed by atoms with Crippen LogP contribution in [-0.2, 0) is 19.4 Å². The number of aromatic nitrogens is 1. The predicted molar refractivity (Wildman–Crippen MR) is 92.8 cm³/mol. The summed E-state index contributed by atoms with van der Waals surface area (Å²) < 4.78 is 5.31. The van der Waals surface area contributed by atoms with Gasteiger partial charge in [0.05, 0.1) is 23.9 Å². The van der Waals surface area contributed by atoms with Crippen LogP contribution in [0.4, 0.5) is 0 Å². The lowest BCUT2D eigenvalue weighted by Gasteiger charge is -2.24. The Bertz CT molecular complexity index is 884. The van der Waals surface area contributed by atoms with E-state index in [0.29, 0.717) is 12.5 Å². The van der Waals surface area contributed by atoms with E-state index in [1.165, 1.54) is 0 Å². The average molecular weight is 320 g/mol. The SMILES string of the molecule is C[C@@H]1CCc2nc3ccccc3c(C(=O)NCc3ccco3)c2C1. The second-order valence-electron chi connectivity index (χ2n) is 6.54. The van der Waals surface area contributed by atoms with Gasteiger partial charge in [0.2, 0.25) is 0 Å². The molecule has 24 heavy (non-hydrogen) atoms. The monoisotopic (exact) mass is 320 g/mol. The zero-order valence-electron chi connectivity index (χ0n) is 13.7. The van der Waals surface area contributed by atoms with Crippen LogP contribution in [0, 0.1) is 5.92 Å². The fourth-order valence-corrected chi connectivity index (χ4v) is 3.49. The van der Waals surface area contributed by atoms with E-state index in [2.05, 4.69) is 12.2 Å². The zero-order valence-corrected chi connectivity index (χ0v) is 13.7. The third-order valence-electron chi connectivity index (χ3n) is 4.74. The highest BCUT2D eigenvalue weighted by atomic mass is 16.3. The number of nitrogens with one attached hydrogen (secondary N) is 1. The van der Waals surface area contributed by atoms with Gasteiger partial charge in [0.15, 0.2) is 0 Å². The van der Waals surface area contributed by atoms with E-state index < -0.39 is 0 Å². The first-order valence-corrected chi connectivity index (χ1v) is 8.43. The Morgan fingerprint density at radius 2 is 2.17 bits per heavy atom. The fourth-order valence-electron chi connectivity index (χ4n) is 3.49. The molecule has 0 fully saturated rings. The van der Waals surface area contributed by atoms with Gasteiger partial charge in [0.1, 0.15) is 5.76 Å². The summed E-state index contributed by atoms with van der Waals surface area (Å²) in [5, 5.41) is 3.93. The quantitative estimate of drug-likeness (QED) is 0.796. The molecular weight excluding hydrogens is 300 g/mol.